The molecule has 4 nitrogen and oxygen atoms in total. The molecule has 1 unspecified atom stereocenters. The molecule has 1 amide bonds. The molecule has 1 rings (SSSR count). The minimum Gasteiger partial charge on any atom is -0.318 e. The zero-order valence-electron chi connectivity index (χ0n) is 7.83. The summed E-state index contributed by atoms with van der Waals surface area (Å²) in [6.07, 6.45) is 1.33. The largest absolute Gasteiger partial charge is 0.318 e. The van der Waals surface area contributed by atoms with Crippen LogP contribution in [-0.2, 0) is 14.4 Å². The van der Waals surface area contributed by atoms with E-state index in [9.17, 15) is 14.4 Å². The SMILES string of the molecule is CC(=O)C1C(=O)C=C(C)N(C)C1=O. The van der Waals surface area contributed by atoms with Crippen molar-refractivity contribution in [2.24, 2.45) is 5.92 Å². The summed E-state index contributed by atoms with van der Waals surface area (Å²) in [5.74, 6) is -2.36. The van der Waals surface area contributed by atoms with Crippen molar-refractivity contribution in [3.05, 3.63) is 11.8 Å². The van der Waals surface area contributed by atoms with Crippen LogP contribution in [-0.4, -0.2) is 29.4 Å². The average Bonchev–Trinajstić information content (AvgIpc) is 1.99. The Hall–Kier alpha value is -1.45. The zero-order chi connectivity index (χ0) is 10.2. The fourth-order valence-electron chi connectivity index (χ4n) is 1.25. The Bertz CT molecular complexity index is 317. The van der Waals surface area contributed by atoms with Gasteiger partial charge in [0, 0.05) is 18.8 Å². The maximum Gasteiger partial charge on any atom is 0.244 e. The van der Waals surface area contributed by atoms with Gasteiger partial charge >= 0.3 is 0 Å². The van der Waals surface area contributed by atoms with E-state index in [1.807, 2.05) is 0 Å². The highest BCUT2D eigenvalue weighted by atomic mass is 16.2. The van der Waals surface area contributed by atoms with E-state index >= 15 is 0 Å². The number of rotatable bonds is 1. The van der Waals surface area contributed by atoms with Gasteiger partial charge < -0.3 is 4.90 Å². The number of ketones is 2. The van der Waals surface area contributed by atoms with Crippen LogP contribution in [0.1, 0.15) is 13.8 Å². The van der Waals surface area contributed by atoms with Crippen molar-refractivity contribution >= 4 is 17.5 Å². The van der Waals surface area contributed by atoms with Gasteiger partial charge in [0.05, 0.1) is 0 Å². The van der Waals surface area contributed by atoms with Crippen LogP contribution in [0.15, 0.2) is 11.8 Å². The molecule has 0 aromatic carbocycles. The molecule has 1 aliphatic heterocycles. The lowest BCUT2D eigenvalue weighted by molar-refractivity contribution is -0.143. The number of carbonyl (C=O) groups excluding carboxylic acids is 3. The Morgan fingerprint density at radius 2 is 2.00 bits per heavy atom. The van der Waals surface area contributed by atoms with E-state index < -0.39 is 23.4 Å². The minimum atomic E-state index is -1.12. The van der Waals surface area contributed by atoms with Gasteiger partial charge in [0.15, 0.2) is 11.7 Å². The Balaban J connectivity index is 3.10. The van der Waals surface area contributed by atoms with E-state index in [1.54, 1.807) is 14.0 Å². The lowest BCUT2D eigenvalue weighted by atomic mass is 9.94. The third kappa shape index (κ3) is 1.52. The monoisotopic (exact) mass is 181 g/mol. The average molecular weight is 181 g/mol. The molecule has 0 spiro atoms. The van der Waals surface area contributed by atoms with Crippen molar-refractivity contribution < 1.29 is 14.4 Å². The first kappa shape index (κ1) is 9.64. The van der Waals surface area contributed by atoms with E-state index in [0.717, 1.165) is 0 Å². The molecule has 1 aliphatic rings. The summed E-state index contributed by atoms with van der Waals surface area (Å²) in [5.41, 5.74) is 0.576. The first-order valence-corrected chi connectivity index (χ1v) is 3.95. The number of hydrogen-bond acceptors (Lipinski definition) is 3. The Morgan fingerprint density at radius 3 is 2.46 bits per heavy atom. The molecule has 0 radical (unpaired) electrons. The van der Waals surface area contributed by atoms with Crippen molar-refractivity contribution in [2.75, 3.05) is 7.05 Å². The Kier molecular flexibility index (Phi) is 2.32. The quantitative estimate of drug-likeness (QED) is 0.540. The van der Waals surface area contributed by atoms with Gasteiger partial charge in [0.2, 0.25) is 5.91 Å². The molecule has 70 valence electrons. The van der Waals surface area contributed by atoms with E-state index in [1.165, 1.54) is 17.9 Å². The van der Waals surface area contributed by atoms with Crippen LogP contribution in [0, 0.1) is 5.92 Å². The van der Waals surface area contributed by atoms with Gasteiger partial charge in [0.1, 0.15) is 5.78 Å². The fraction of sp³-hybridized carbons (Fsp3) is 0.444. The number of allylic oxidation sites excluding steroid dienone is 2. The van der Waals surface area contributed by atoms with Crippen LogP contribution in [0.25, 0.3) is 0 Å². The molecule has 1 heterocycles. The first-order valence-electron chi connectivity index (χ1n) is 3.95. The number of hydrogen-bond donors (Lipinski definition) is 0. The molecule has 0 aromatic rings. The second-order valence-corrected chi connectivity index (χ2v) is 3.13. The summed E-state index contributed by atoms with van der Waals surface area (Å²) in [7, 11) is 1.55. The van der Waals surface area contributed by atoms with Crippen LogP contribution in [0.5, 0.6) is 0 Å². The predicted molar refractivity (Wildman–Crippen MR) is 45.7 cm³/mol. The third-order valence-corrected chi connectivity index (χ3v) is 2.15. The van der Waals surface area contributed by atoms with Crippen LogP contribution in [0.4, 0.5) is 0 Å². The van der Waals surface area contributed by atoms with Crippen molar-refractivity contribution in [1.29, 1.82) is 0 Å². The van der Waals surface area contributed by atoms with Gasteiger partial charge in [-0.2, -0.15) is 0 Å². The number of carbonyl (C=O) groups is 3. The number of nitrogens with zero attached hydrogens (tertiary/aromatic N) is 1. The number of amides is 1. The highest BCUT2D eigenvalue weighted by Crippen LogP contribution is 2.17. The summed E-state index contributed by atoms with van der Waals surface area (Å²) < 4.78 is 0. The standard InChI is InChI=1S/C9H11NO3/c1-5-4-7(12)8(6(2)11)9(13)10(5)3/h4,8H,1-3H3. The lowest BCUT2D eigenvalue weighted by Gasteiger charge is -2.25. The summed E-state index contributed by atoms with van der Waals surface area (Å²) in [4.78, 5) is 35.0. The highest BCUT2D eigenvalue weighted by Gasteiger charge is 2.36. The molecule has 4 heteroatoms. The van der Waals surface area contributed by atoms with Crippen molar-refractivity contribution in [3.8, 4) is 0 Å². The molecule has 0 saturated carbocycles. The molecular weight excluding hydrogens is 170 g/mol. The molecule has 0 aromatic heterocycles. The summed E-state index contributed by atoms with van der Waals surface area (Å²) in [5, 5.41) is 0. The minimum absolute atomic E-state index is 0.398. The fourth-order valence-corrected chi connectivity index (χ4v) is 1.25. The van der Waals surface area contributed by atoms with E-state index in [0.29, 0.717) is 5.70 Å². The zero-order valence-corrected chi connectivity index (χ0v) is 7.83. The molecule has 0 fully saturated rings. The van der Waals surface area contributed by atoms with Gasteiger partial charge in [-0.3, -0.25) is 14.4 Å². The second kappa shape index (κ2) is 3.12. The smallest absolute Gasteiger partial charge is 0.244 e. The van der Waals surface area contributed by atoms with Crippen molar-refractivity contribution in [1.82, 2.24) is 4.90 Å². The molecule has 0 aliphatic carbocycles. The first-order chi connectivity index (χ1) is 5.95. The van der Waals surface area contributed by atoms with Gasteiger partial charge in [-0.05, 0) is 13.8 Å². The van der Waals surface area contributed by atoms with Crippen LogP contribution >= 0.6 is 0 Å². The van der Waals surface area contributed by atoms with Crippen LogP contribution in [0.2, 0.25) is 0 Å². The summed E-state index contributed by atoms with van der Waals surface area (Å²) in [6, 6.07) is 0. The summed E-state index contributed by atoms with van der Waals surface area (Å²) >= 11 is 0. The molecule has 0 N–H and O–H groups in total. The third-order valence-electron chi connectivity index (χ3n) is 2.15. The second-order valence-electron chi connectivity index (χ2n) is 3.13. The molecule has 1 atom stereocenters. The maximum absolute atomic E-state index is 11.4. The van der Waals surface area contributed by atoms with Gasteiger partial charge in [-0.15, -0.1) is 0 Å². The normalized spacial score (nSPS) is 23.2. The van der Waals surface area contributed by atoms with E-state index in [2.05, 4.69) is 0 Å². The maximum atomic E-state index is 11.4. The van der Waals surface area contributed by atoms with Crippen molar-refractivity contribution in [2.45, 2.75) is 13.8 Å². The lowest BCUT2D eigenvalue weighted by Crippen LogP contribution is -2.43. The highest BCUT2D eigenvalue weighted by molar-refractivity contribution is 6.23. The molecule has 13 heavy (non-hydrogen) atoms. The molecular formula is C9H11NO3. The Labute approximate surface area is 76.2 Å². The van der Waals surface area contributed by atoms with E-state index in [-0.39, 0.29) is 0 Å². The predicted octanol–water partition coefficient (Wildman–Crippen LogP) is 0.137. The van der Waals surface area contributed by atoms with Crippen molar-refractivity contribution in [3.63, 3.8) is 0 Å². The van der Waals surface area contributed by atoms with E-state index in [4.69, 9.17) is 0 Å². The van der Waals surface area contributed by atoms with Gasteiger partial charge in [0.25, 0.3) is 0 Å². The molecule has 0 bridgehead atoms. The van der Waals surface area contributed by atoms with Gasteiger partial charge in [-0.25, -0.2) is 0 Å². The van der Waals surface area contributed by atoms with Crippen LogP contribution in [0.3, 0.4) is 0 Å². The Morgan fingerprint density at radius 1 is 1.46 bits per heavy atom. The molecule has 0 saturated heterocycles. The van der Waals surface area contributed by atoms with Crippen LogP contribution < -0.4 is 0 Å². The van der Waals surface area contributed by atoms with Gasteiger partial charge in [-0.1, -0.05) is 0 Å². The topological polar surface area (TPSA) is 54.5 Å². The number of Topliss-reactive ketones (excluding diaryl/α,β-unsaturated/α-hetero) is 1. The summed E-state index contributed by atoms with van der Waals surface area (Å²) in [6.45, 7) is 2.91.